The Morgan fingerprint density at radius 2 is 2.00 bits per heavy atom. The fourth-order valence-electron chi connectivity index (χ4n) is 0.714. The number of benzene rings is 1. The van der Waals surface area contributed by atoms with Gasteiger partial charge in [-0.05, 0) is 24.3 Å². The van der Waals surface area contributed by atoms with Crippen LogP contribution in [0.2, 0.25) is 0 Å². The molecule has 0 amide bonds. The summed E-state index contributed by atoms with van der Waals surface area (Å²) in [6.07, 6.45) is 1.80. The lowest BCUT2D eigenvalue weighted by Gasteiger charge is -2.03. The summed E-state index contributed by atoms with van der Waals surface area (Å²) in [7, 11) is -0.470. The molecule has 0 aliphatic rings. The lowest BCUT2D eigenvalue weighted by molar-refractivity contribution is 0.475. The zero-order valence-corrected chi connectivity index (χ0v) is 7.56. The van der Waals surface area contributed by atoms with Crippen LogP contribution < -0.4 is 5.32 Å². The van der Waals surface area contributed by atoms with Crippen molar-refractivity contribution in [2.75, 3.05) is 11.6 Å². The number of hydrogen-bond donors (Lipinski definition) is 3. The monoisotopic (exact) mass is 183 g/mol. The van der Waals surface area contributed by atoms with Crippen LogP contribution in [0, 0.1) is 4.78 Å². The molecule has 3 N–H and O–H groups in total. The molecular formula is C8H11N2OS-. The molecule has 0 unspecified atom stereocenters. The zero-order chi connectivity index (χ0) is 8.97. The second-order valence-electron chi connectivity index (χ2n) is 2.37. The van der Waals surface area contributed by atoms with Crippen LogP contribution in [0.3, 0.4) is 0 Å². The second kappa shape index (κ2) is 4.01. The molecule has 1 aromatic carbocycles. The number of hydrogen-bond acceptors (Lipinski definition) is 3. The molecule has 0 saturated carbocycles. The summed E-state index contributed by atoms with van der Waals surface area (Å²) in [6, 6.07) is 6.74. The van der Waals surface area contributed by atoms with E-state index in [2.05, 4.69) is 5.32 Å². The van der Waals surface area contributed by atoms with Crippen molar-refractivity contribution in [3.63, 3.8) is 0 Å². The van der Waals surface area contributed by atoms with Crippen LogP contribution in [-0.2, 0) is 10.3 Å². The summed E-state index contributed by atoms with van der Waals surface area (Å²) in [6.45, 7) is 0. The number of anilines is 1. The largest absolute Gasteiger partial charge is 0.508 e. The van der Waals surface area contributed by atoms with E-state index in [0.29, 0.717) is 0 Å². The maximum Gasteiger partial charge on any atom is 0.115 e. The van der Waals surface area contributed by atoms with E-state index < -0.39 is 10.3 Å². The Morgan fingerprint density at radius 3 is 2.50 bits per heavy atom. The van der Waals surface area contributed by atoms with Gasteiger partial charge in [-0.2, -0.15) is 0 Å². The van der Waals surface area contributed by atoms with Crippen LogP contribution in [0.5, 0.6) is 5.75 Å². The molecular weight excluding hydrogens is 172 g/mol. The fraction of sp³-hybridized carbons (Fsp3) is 0.125. The van der Waals surface area contributed by atoms with Crippen LogP contribution in [0.1, 0.15) is 0 Å². The van der Waals surface area contributed by atoms with Crippen LogP contribution in [0.25, 0.3) is 0 Å². The highest BCUT2D eigenvalue weighted by molar-refractivity contribution is 7.84. The number of aromatic hydroxyl groups is 1. The molecule has 0 heterocycles. The van der Waals surface area contributed by atoms with E-state index in [0.717, 1.165) is 5.69 Å². The highest BCUT2D eigenvalue weighted by atomic mass is 32.2. The molecule has 0 aliphatic carbocycles. The molecule has 0 aromatic heterocycles. The summed E-state index contributed by atoms with van der Waals surface area (Å²) in [5, 5.41) is 11.9. The second-order valence-corrected chi connectivity index (χ2v) is 3.72. The number of rotatable bonds is 2. The number of phenols is 1. The van der Waals surface area contributed by atoms with Crippen LogP contribution in [0.4, 0.5) is 5.69 Å². The molecule has 0 saturated heterocycles. The minimum absolute atomic E-state index is 0.252. The van der Waals surface area contributed by atoms with Gasteiger partial charge in [-0.25, -0.2) is 0 Å². The average Bonchev–Trinajstić information content (AvgIpc) is 2.03. The molecule has 3 nitrogen and oxygen atoms in total. The zero-order valence-electron chi connectivity index (χ0n) is 6.74. The summed E-state index contributed by atoms with van der Waals surface area (Å²) in [5.41, 5.74) is 2.59. The van der Waals surface area contributed by atoms with Gasteiger partial charge in [0.1, 0.15) is 5.75 Å². The van der Waals surface area contributed by atoms with Gasteiger partial charge in [-0.1, -0.05) is 0 Å². The molecule has 1 aromatic rings. The van der Waals surface area contributed by atoms with Gasteiger partial charge < -0.3 is 25.5 Å². The number of phenolic OH excluding ortho intramolecular Hbond substituents is 1. The van der Waals surface area contributed by atoms with Crippen molar-refractivity contribution in [3.05, 3.63) is 24.3 Å². The Hall–Kier alpha value is -1.16. The first-order valence-corrected chi connectivity index (χ1v) is 5.13. The van der Waals surface area contributed by atoms with Crippen molar-refractivity contribution in [1.29, 1.82) is 4.78 Å². The van der Waals surface area contributed by atoms with E-state index in [1.54, 1.807) is 36.0 Å². The molecule has 0 atom stereocenters. The first kappa shape index (κ1) is 8.93. The standard InChI is InChI=1S/C8H11N2OS/c1-12(9)6-10-7-2-4-8(11)5-3-7/h2-6,9-11H,1H3/q-1. The lowest BCUT2D eigenvalue weighted by Crippen LogP contribution is -1.95. The van der Waals surface area contributed by atoms with Gasteiger partial charge in [-0.3, -0.25) is 0 Å². The minimum atomic E-state index is -0.470. The lowest BCUT2D eigenvalue weighted by atomic mass is 10.3. The van der Waals surface area contributed by atoms with E-state index in [9.17, 15) is 0 Å². The Labute approximate surface area is 73.5 Å². The third-order valence-corrected chi connectivity index (χ3v) is 1.74. The maximum atomic E-state index is 8.96. The van der Waals surface area contributed by atoms with Gasteiger partial charge in [-0.15, -0.1) is 11.7 Å². The van der Waals surface area contributed by atoms with E-state index in [4.69, 9.17) is 9.89 Å². The summed E-state index contributed by atoms with van der Waals surface area (Å²) in [5.74, 6) is 0.252. The Balaban J connectivity index is 2.71. The van der Waals surface area contributed by atoms with Crippen molar-refractivity contribution in [2.45, 2.75) is 0 Å². The van der Waals surface area contributed by atoms with Crippen molar-refractivity contribution < 1.29 is 5.11 Å². The Bertz CT molecular complexity index is 325. The van der Waals surface area contributed by atoms with Crippen molar-refractivity contribution in [1.82, 2.24) is 0 Å². The van der Waals surface area contributed by atoms with Gasteiger partial charge in [0.25, 0.3) is 0 Å². The highest BCUT2D eigenvalue weighted by Crippen LogP contribution is 2.12. The predicted molar refractivity (Wildman–Crippen MR) is 53.8 cm³/mol. The van der Waals surface area contributed by atoms with Gasteiger partial charge >= 0.3 is 0 Å². The van der Waals surface area contributed by atoms with Gasteiger partial charge in [0.2, 0.25) is 0 Å². The van der Waals surface area contributed by atoms with Crippen LogP contribution >= 0.6 is 0 Å². The van der Waals surface area contributed by atoms with Crippen molar-refractivity contribution in [2.24, 2.45) is 0 Å². The van der Waals surface area contributed by atoms with Gasteiger partial charge in [0, 0.05) is 5.69 Å². The van der Waals surface area contributed by atoms with Gasteiger partial charge in [0.15, 0.2) is 0 Å². The van der Waals surface area contributed by atoms with E-state index >= 15 is 0 Å². The van der Waals surface area contributed by atoms with E-state index in [-0.39, 0.29) is 5.75 Å². The van der Waals surface area contributed by atoms with Crippen molar-refractivity contribution in [3.8, 4) is 5.75 Å². The SMILES string of the molecule is C[S-](=N)=CNc1ccc(O)cc1. The predicted octanol–water partition coefficient (Wildman–Crippen LogP) is 1.57. The molecule has 0 spiro atoms. The molecule has 12 heavy (non-hydrogen) atoms. The average molecular weight is 183 g/mol. The third-order valence-electron chi connectivity index (χ3n) is 1.27. The molecule has 0 aliphatic heterocycles. The summed E-state index contributed by atoms with van der Waals surface area (Å²) in [4.78, 5) is 0. The molecule has 66 valence electrons. The highest BCUT2D eigenvalue weighted by Gasteiger charge is 1.86. The first-order chi connectivity index (χ1) is 5.68. The normalized spacial score (nSPS) is 12.8. The molecule has 4 heteroatoms. The Morgan fingerprint density at radius 1 is 1.42 bits per heavy atom. The molecule has 0 bridgehead atoms. The quantitative estimate of drug-likeness (QED) is 0.370. The minimum Gasteiger partial charge on any atom is -0.508 e. The van der Waals surface area contributed by atoms with E-state index in [1.165, 1.54) is 0 Å². The molecule has 0 radical (unpaired) electrons. The molecule has 1 rings (SSSR count). The Kier molecular flexibility index (Phi) is 2.99. The fourth-order valence-corrected chi connectivity index (χ4v) is 1.03. The van der Waals surface area contributed by atoms with E-state index in [1.807, 2.05) is 0 Å². The summed E-state index contributed by atoms with van der Waals surface area (Å²) < 4.78 is 7.23. The topological polar surface area (TPSA) is 56.1 Å². The van der Waals surface area contributed by atoms with Crippen LogP contribution in [-0.4, -0.2) is 16.9 Å². The van der Waals surface area contributed by atoms with Gasteiger partial charge in [0.05, 0.1) is 0 Å². The summed E-state index contributed by atoms with van der Waals surface area (Å²) >= 11 is 0. The van der Waals surface area contributed by atoms with Crippen LogP contribution in [0.15, 0.2) is 24.3 Å². The van der Waals surface area contributed by atoms with Crippen molar-refractivity contribution >= 4 is 21.5 Å². The third kappa shape index (κ3) is 2.84. The smallest absolute Gasteiger partial charge is 0.115 e. The first-order valence-electron chi connectivity index (χ1n) is 3.43. The maximum absolute atomic E-state index is 8.96. The number of nitrogens with one attached hydrogen (secondary N) is 2. The molecule has 0 fully saturated rings.